The van der Waals surface area contributed by atoms with Gasteiger partial charge in [-0.3, -0.25) is 4.79 Å². The van der Waals surface area contributed by atoms with E-state index in [9.17, 15) is 9.90 Å². The molecule has 0 spiro atoms. The molecule has 0 bridgehead atoms. The largest absolute Gasteiger partial charge is 0.379 e. The number of nitrogens with one attached hydrogen (secondary N) is 1. The van der Waals surface area contributed by atoms with Gasteiger partial charge in [0.1, 0.15) is 0 Å². The van der Waals surface area contributed by atoms with Crippen LogP contribution >= 0.6 is 23.1 Å². The Balaban J connectivity index is 1.45. The van der Waals surface area contributed by atoms with Crippen LogP contribution in [0.1, 0.15) is 55.1 Å². The SMILES string of the molecule is O=C(NCCc1nc(C2CCCCC2)cs1)C1(O)CCSC1. The molecular formula is C16H24N2O2S2. The van der Waals surface area contributed by atoms with Crippen LogP contribution in [0.15, 0.2) is 5.38 Å². The van der Waals surface area contributed by atoms with Gasteiger partial charge in [-0.25, -0.2) is 4.98 Å². The van der Waals surface area contributed by atoms with Crippen molar-refractivity contribution in [3.63, 3.8) is 0 Å². The number of thiazole rings is 1. The van der Waals surface area contributed by atoms with Crippen molar-refractivity contribution in [2.45, 2.75) is 56.5 Å². The number of aromatic nitrogens is 1. The molecule has 1 aliphatic heterocycles. The molecular weight excluding hydrogens is 316 g/mol. The molecule has 1 saturated carbocycles. The lowest BCUT2D eigenvalue weighted by atomic mass is 9.87. The fraction of sp³-hybridized carbons (Fsp3) is 0.750. The molecule has 0 aromatic carbocycles. The lowest BCUT2D eigenvalue weighted by Crippen LogP contribution is -2.47. The zero-order valence-electron chi connectivity index (χ0n) is 12.8. The van der Waals surface area contributed by atoms with Gasteiger partial charge in [0.05, 0.1) is 10.7 Å². The van der Waals surface area contributed by atoms with E-state index in [4.69, 9.17) is 4.98 Å². The predicted octanol–water partition coefficient (Wildman–Crippen LogP) is 2.72. The van der Waals surface area contributed by atoms with E-state index in [1.807, 2.05) is 0 Å². The summed E-state index contributed by atoms with van der Waals surface area (Å²) in [5, 5.41) is 16.3. The molecule has 3 rings (SSSR count). The van der Waals surface area contributed by atoms with E-state index in [0.29, 0.717) is 24.6 Å². The Kier molecular flexibility index (Phi) is 5.42. The standard InChI is InChI=1S/C16H24N2O2S2/c19-15(16(20)7-9-21-11-16)17-8-6-14-18-13(10-22-14)12-4-2-1-3-5-12/h10,12,20H,1-9,11H2,(H,17,19). The lowest BCUT2D eigenvalue weighted by Gasteiger charge is -2.20. The Hall–Kier alpha value is -0.590. The maximum atomic E-state index is 12.0. The van der Waals surface area contributed by atoms with Crippen molar-refractivity contribution in [1.82, 2.24) is 10.3 Å². The van der Waals surface area contributed by atoms with E-state index in [1.165, 1.54) is 37.8 Å². The number of thioether (sulfide) groups is 1. The number of carbonyl (C=O) groups excluding carboxylic acids is 1. The summed E-state index contributed by atoms with van der Waals surface area (Å²) in [5.41, 5.74) is 0.0951. The summed E-state index contributed by atoms with van der Waals surface area (Å²) < 4.78 is 0. The van der Waals surface area contributed by atoms with Crippen molar-refractivity contribution < 1.29 is 9.90 Å². The topological polar surface area (TPSA) is 62.2 Å². The van der Waals surface area contributed by atoms with Gasteiger partial charge in [0.2, 0.25) is 0 Å². The molecule has 0 radical (unpaired) electrons. The third-order valence-corrected chi connectivity index (χ3v) is 6.74. The van der Waals surface area contributed by atoms with Crippen LogP contribution in [0.3, 0.4) is 0 Å². The van der Waals surface area contributed by atoms with Crippen LogP contribution in [0.2, 0.25) is 0 Å². The van der Waals surface area contributed by atoms with E-state index >= 15 is 0 Å². The summed E-state index contributed by atoms with van der Waals surface area (Å²) in [6.45, 7) is 0.559. The first-order valence-corrected chi connectivity index (χ1v) is 10.2. The molecule has 6 heteroatoms. The van der Waals surface area contributed by atoms with Crippen molar-refractivity contribution in [3.8, 4) is 0 Å². The predicted molar refractivity (Wildman–Crippen MR) is 91.5 cm³/mol. The normalized spacial score (nSPS) is 26.2. The Morgan fingerprint density at radius 3 is 2.95 bits per heavy atom. The highest BCUT2D eigenvalue weighted by Crippen LogP contribution is 2.33. The second kappa shape index (κ2) is 7.32. The average molecular weight is 341 g/mol. The fourth-order valence-electron chi connectivity index (χ4n) is 3.21. The molecule has 1 amide bonds. The molecule has 1 unspecified atom stereocenters. The van der Waals surface area contributed by atoms with Gasteiger partial charge in [0.25, 0.3) is 5.91 Å². The van der Waals surface area contributed by atoms with Crippen molar-refractivity contribution in [2.75, 3.05) is 18.1 Å². The summed E-state index contributed by atoms with van der Waals surface area (Å²) in [6, 6.07) is 0. The van der Waals surface area contributed by atoms with Gasteiger partial charge >= 0.3 is 0 Å². The number of hydrogen-bond acceptors (Lipinski definition) is 5. The lowest BCUT2D eigenvalue weighted by molar-refractivity contribution is -0.137. The minimum atomic E-state index is -1.15. The zero-order chi connectivity index (χ0) is 15.4. The van der Waals surface area contributed by atoms with Gasteiger partial charge in [-0.15, -0.1) is 11.3 Å². The highest BCUT2D eigenvalue weighted by Gasteiger charge is 2.39. The van der Waals surface area contributed by atoms with Gasteiger partial charge < -0.3 is 10.4 Å². The van der Waals surface area contributed by atoms with E-state index < -0.39 is 5.60 Å². The molecule has 2 heterocycles. The summed E-state index contributed by atoms with van der Waals surface area (Å²) >= 11 is 3.33. The molecule has 2 fully saturated rings. The number of nitrogens with zero attached hydrogens (tertiary/aromatic N) is 1. The Morgan fingerprint density at radius 2 is 2.23 bits per heavy atom. The van der Waals surface area contributed by atoms with Gasteiger partial charge in [0.15, 0.2) is 5.60 Å². The van der Waals surface area contributed by atoms with Gasteiger partial charge in [0, 0.05) is 30.0 Å². The van der Waals surface area contributed by atoms with Gasteiger partial charge in [-0.05, 0) is 25.0 Å². The van der Waals surface area contributed by atoms with Gasteiger partial charge in [-0.2, -0.15) is 11.8 Å². The molecule has 1 saturated heterocycles. The molecule has 4 nitrogen and oxygen atoms in total. The van der Waals surface area contributed by atoms with Crippen molar-refractivity contribution in [2.24, 2.45) is 0 Å². The van der Waals surface area contributed by atoms with Crippen LogP contribution in [0.25, 0.3) is 0 Å². The Bertz CT molecular complexity index is 506. The van der Waals surface area contributed by atoms with Crippen LogP contribution in [0, 0.1) is 0 Å². The summed E-state index contributed by atoms with van der Waals surface area (Å²) in [5.74, 6) is 1.80. The van der Waals surface area contributed by atoms with Crippen molar-refractivity contribution >= 4 is 29.0 Å². The van der Waals surface area contributed by atoms with Crippen LogP contribution in [-0.4, -0.2) is 39.6 Å². The molecule has 1 atom stereocenters. The van der Waals surface area contributed by atoms with E-state index in [-0.39, 0.29) is 5.91 Å². The number of rotatable bonds is 5. The molecule has 1 aliphatic carbocycles. The molecule has 2 N–H and O–H groups in total. The Morgan fingerprint density at radius 1 is 1.41 bits per heavy atom. The van der Waals surface area contributed by atoms with Crippen molar-refractivity contribution in [3.05, 3.63) is 16.1 Å². The van der Waals surface area contributed by atoms with Crippen LogP contribution < -0.4 is 5.32 Å². The van der Waals surface area contributed by atoms with E-state index in [2.05, 4.69) is 10.7 Å². The van der Waals surface area contributed by atoms with Crippen LogP contribution in [0.4, 0.5) is 0 Å². The highest BCUT2D eigenvalue weighted by atomic mass is 32.2. The third-order valence-electron chi connectivity index (χ3n) is 4.64. The molecule has 122 valence electrons. The first kappa shape index (κ1) is 16.3. The second-order valence-corrected chi connectivity index (χ2v) is 8.39. The summed E-state index contributed by atoms with van der Waals surface area (Å²) in [6.07, 6.45) is 7.86. The third kappa shape index (κ3) is 3.84. The minimum absolute atomic E-state index is 0.221. The fourth-order valence-corrected chi connectivity index (χ4v) is 5.33. The monoisotopic (exact) mass is 340 g/mol. The van der Waals surface area contributed by atoms with Crippen LogP contribution in [0.5, 0.6) is 0 Å². The van der Waals surface area contributed by atoms with E-state index in [0.717, 1.165) is 17.2 Å². The molecule has 1 aromatic heterocycles. The summed E-state index contributed by atoms with van der Waals surface area (Å²) in [7, 11) is 0. The average Bonchev–Trinajstić information content (AvgIpc) is 3.18. The first-order chi connectivity index (χ1) is 10.7. The Labute approximate surface area is 140 Å². The smallest absolute Gasteiger partial charge is 0.252 e. The number of hydrogen-bond donors (Lipinski definition) is 2. The first-order valence-electron chi connectivity index (χ1n) is 8.20. The quantitative estimate of drug-likeness (QED) is 0.865. The highest BCUT2D eigenvalue weighted by molar-refractivity contribution is 7.99. The van der Waals surface area contributed by atoms with Gasteiger partial charge in [-0.1, -0.05) is 19.3 Å². The molecule has 2 aliphatic rings. The maximum absolute atomic E-state index is 12.0. The zero-order valence-corrected chi connectivity index (χ0v) is 14.5. The second-order valence-electron chi connectivity index (χ2n) is 6.34. The maximum Gasteiger partial charge on any atom is 0.252 e. The number of carbonyl (C=O) groups is 1. The van der Waals surface area contributed by atoms with Crippen LogP contribution in [-0.2, 0) is 11.2 Å². The summed E-state index contributed by atoms with van der Waals surface area (Å²) in [4.78, 5) is 16.8. The number of amides is 1. The van der Waals surface area contributed by atoms with Crippen molar-refractivity contribution in [1.29, 1.82) is 0 Å². The van der Waals surface area contributed by atoms with E-state index in [1.54, 1.807) is 23.1 Å². The number of aliphatic hydroxyl groups is 1. The molecule has 1 aromatic rings. The molecule has 22 heavy (non-hydrogen) atoms. The minimum Gasteiger partial charge on any atom is -0.379 e.